The van der Waals surface area contributed by atoms with Gasteiger partial charge in [0.15, 0.2) is 8.32 Å². The molecule has 1 unspecified atom stereocenters. The Bertz CT molecular complexity index is 407. The molecule has 0 saturated carbocycles. The van der Waals surface area contributed by atoms with Crippen molar-refractivity contribution in [3.05, 3.63) is 48.6 Å². The molecule has 1 aromatic rings. The Morgan fingerprint density at radius 3 is 2.05 bits per heavy atom. The monoisotopic (exact) mass is 298 g/mol. The molecule has 1 nitrogen and oxygen atoms in total. The average molecular weight is 298 g/mol. The fraction of sp³-hybridized carbons (Fsp3) is 0.500. The molecule has 0 aliphatic rings. The van der Waals surface area contributed by atoms with E-state index in [1.807, 2.05) is 26.8 Å². The number of hydrogen-bond acceptors (Lipinski definition) is 1. The van der Waals surface area contributed by atoms with E-state index < -0.39 is 20.3 Å². The molecule has 0 spiro atoms. The number of halogens is 2. The summed E-state index contributed by atoms with van der Waals surface area (Å²) < 4.78 is 34.5. The predicted molar refractivity (Wildman–Crippen MR) is 82.6 cm³/mol. The van der Waals surface area contributed by atoms with Gasteiger partial charge in [0.2, 0.25) is 0 Å². The lowest BCUT2D eigenvalue weighted by molar-refractivity contribution is -0.0630. The van der Waals surface area contributed by atoms with Crippen LogP contribution in [0.15, 0.2) is 43.0 Å². The van der Waals surface area contributed by atoms with E-state index in [0.717, 1.165) is 18.1 Å². The molecule has 20 heavy (non-hydrogen) atoms. The first-order chi connectivity index (χ1) is 9.44. The van der Waals surface area contributed by atoms with E-state index in [2.05, 4.69) is 6.58 Å². The highest BCUT2D eigenvalue weighted by molar-refractivity contribution is 6.73. The molecular formula is C16H24F2OSi. The second kappa shape index (κ2) is 7.13. The van der Waals surface area contributed by atoms with Gasteiger partial charge < -0.3 is 4.43 Å². The summed E-state index contributed by atoms with van der Waals surface area (Å²) in [4.78, 5) is 0. The van der Waals surface area contributed by atoms with Gasteiger partial charge in [0.05, 0.1) is 0 Å². The standard InChI is InChI=1S/C16H24F2OSi/c1-5-16(17,18)15(14-12-10-9-11-13-14)19-20(6-2,7-3)8-4/h5,9-13,15H,1,6-8H2,2-4H3. The van der Waals surface area contributed by atoms with Crippen molar-refractivity contribution in [1.82, 2.24) is 0 Å². The second-order valence-electron chi connectivity index (χ2n) is 5.03. The third-order valence-electron chi connectivity index (χ3n) is 4.02. The maximum Gasteiger partial charge on any atom is 0.294 e. The molecule has 0 radical (unpaired) electrons. The summed E-state index contributed by atoms with van der Waals surface area (Å²) >= 11 is 0. The lowest BCUT2D eigenvalue weighted by Crippen LogP contribution is -2.41. The van der Waals surface area contributed by atoms with Crippen LogP contribution in [-0.4, -0.2) is 14.2 Å². The van der Waals surface area contributed by atoms with E-state index in [-0.39, 0.29) is 0 Å². The van der Waals surface area contributed by atoms with E-state index in [1.165, 1.54) is 0 Å². The number of rotatable bonds is 8. The zero-order chi connectivity index (χ0) is 15.2. The zero-order valence-corrected chi connectivity index (χ0v) is 13.5. The minimum absolute atomic E-state index is 0.518. The van der Waals surface area contributed by atoms with Crippen LogP contribution in [0.25, 0.3) is 0 Å². The van der Waals surface area contributed by atoms with Crippen molar-refractivity contribution in [3.8, 4) is 0 Å². The van der Waals surface area contributed by atoms with Crippen LogP contribution in [0.1, 0.15) is 32.4 Å². The summed E-state index contributed by atoms with van der Waals surface area (Å²) in [5, 5.41) is 0. The van der Waals surface area contributed by atoms with Gasteiger partial charge in [-0.05, 0) is 29.8 Å². The summed E-state index contributed by atoms with van der Waals surface area (Å²) in [6, 6.07) is 11.3. The van der Waals surface area contributed by atoms with Crippen LogP contribution in [0.5, 0.6) is 0 Å². The Morgan fingerprint density at radius 2 is 1.65 bits per heavy atom. The zero-order valence-electron chi connectivity index (χ0n) is 12.5. The molecule has 1 atom stereocenters. The molecule has 0 fully saturated rings. The van der Waals surface area contributed by atoms with Crippen molar-refractivity contribution in [3.63, 3.8) is 0 Å². The van der Waals surface area contributed by atoms with Gasteiger partial charge in [-0.3, -0.25) is 0 Å². The lowest BCUT2D eigenvalue weighted by atomic mass is 10.0. The maximum atomic E-state index is 14.2. The molecular weight excluding hydrogens is 274 g/mol. The number of benzene rings is 1. The predicted octanol–water partition coefficient (Wildman–Crippen LogP) is 5.57. The van der Waals surface area contributed by atoms with Crippen molar-refractivity contribution in [2.24, 2.45) is 0 Å². The summed E-state index contributed by atoms with van der Waals surface area (Å²) in [5.74, 6) is -3.06. The first-order valence-corrected chi connectivity index (χ1v) is 9.71. The van der Waals surface area contributed by atoms with Gasteiger partial charge in [0.1, 0.15) is 6.10 Å². The van der Waals surface area contributed by atoms with E-state index in [0.29, 0.717) is 11.6 Å². The fourth-order valence-electron chi connectivity index (χ4n) is 2.35. The van der Waals surface area contributed by atoms with Gasteiger partial charge in [0, 0.05) is 0 Å². The molecule has 0 bridgehead atoms. The van der Waals surface area contributed by atoms with Crippen molar-refractivity contribution >= 4 is 8.32 Å². The Hall–Kier alpha value is -1.00. The van der Waals surface area contributed by atoms with Crippen LogP contribution < -0.4 is 0 Å². The average Bonchev–Trinajstić information content (AvgIpc) is 2.50. The third-order valence-corrected chi connectivity index (χ3v) is 8.63. The van der Waals surface area contributed by atoms with Crippen LogP contribution in [-0.2, 0) is 4.43 Å². The van der Waals surface area contributed by atoms with E-state index >= 15 is 0 Å². The molecule has 0 aliphatic carbocycles. The molecule has 0 saturated heterocycles. The van der Waals surface area contributed by atoms with E-state index in [9.17, 15) is 8.78 Å². The first-order valence-electron chi connectivity index (χ1n) is 7.18. The number of hydrogen-bond donors (Lipinski definition) is 0. The maximum absolute atomic E-state index is 14.2. The molecule has 112 valence electrons. The van der Waals surface area contributed by atoms with E-state index in [4.69, 9.17) is 4.43 Å². The smallest absolute Gasteiger partial charge is 0.294 e. The Kier molecular flexibility index (Phi) is 6.08. The molecule has 1 aromatic carbocycles. The molecule has 1 rings (SSSR count). The van der Waals surface area contributed by atoms with Gasteiger partial charge in [-0.25, -0.2) is 0 Å². The molecule has 0 aromatic heterocycles. The molecule has 0 N–H and O–H groups in total. The fourth-order valence-corrected chi connectivity index (χ4v) is 5.15. The van der Waals surface area contributed by atoms with Crippen LogP contribution in [0, 0.1) is 0 Å². The SMILES string of the molecule is C=CC(F)(F)C(O[Si](CC)(CC)CC)c1ccccc1. The summed E-state index contributed by atoms with van der Waals surface area (Å²) in [7, 11) is -2.12. The Balaban J connectivity index is 3.16. The molecule has 0 aliphatic heterocycles. The van der Waals surface area contributed by atoms with Crippen LogP contribution >= 0.6 is 0 Å². The van der Waals surface area contributed by atoms with E-state index in [1.54, 1.807) is 24.3 Å². The summed E-state index contributed by atoms with van der Waals surface area (Å²) in [6.07, 6.45) is -0.530. The molecule has 4 heteroatoms. The van der Waals surface area contributed by atoms with Crippen molar-refractivity contribution < 1.29 is 13.2 Å². The van der Waals surface area contributed by atoms with Crippen LogP contribution in [0.4, 0.5) is 8.78 Å². The van der Waals surface area contributed by atoms with Crippen LogP contribution in [0.3, 0.4) is 0 Å². The second-order valence-corrected chi connectivity index (χ2v) is 9.75. The van der Waals surface area contributed by atoms with Crippen LogP contribution in [0.2, 0.25) is 18.1 Å². The van der Waals surface area contributed by atoms with Gasteiger partial charge >= 0.3 is 0 Å². The summed E-state index contributed by atoms with van der Waals surface area (Å²) in [5.41, 5.74) is 0.518. The van der Waals surface area contributed by atoms with Crippen molar-refractivity contribution in [1.29, 1.82) is 0 Å². The lowest BCUT2D eigenvalue weighted by Gasteiger charge is -2.36. The van der Waals surface area contributed by atoms with Gasteiger partial charge in [-0.15, -0.1) is 0 Å². The van der Waals surface area contributed by atoms with Gasteiger partial charge in [-0.1, -0.05) is 57.7 Å². The minimum Gasteiger partial charge on any atom is -0.404 e. The molecule has 0 heterocycles. The summed E-state index contributed by atoms with van der Waals surface area (Å²) in [6.45, 7) is 9.38. The third kappa shape index (κ3) is 3.76. The van der Waals surface area contributed by atoms with Crippen molar-refractivity contribution in [2.75, 3.05) is 0 Å². The normalized spacial score (nSPS) is 14.1. The van der Waals surface area contributed by atoms with Gasteiger partial charge in [-0.2, -0.15) is 8.78 Å². The quantitative estimate of drug-likeness (QED) is 0.450. The highest BCUT2D eigenvalue weighted by Crippen LogP contribution is 2.40. The minimum atomic E-state index is -3.06. The highest BCUT2D eigenvalue weighted by atomic mass is 28.4. The number of alkyl halides is 2. The Morgan fingerprint density at radius 1 is 1.15 bits per heavy atom. The molecule has 0 amide bonds. The highest BCUT2D eigenvalue weighted by Gasteiger charge is 2.43. The topological polar surface area (TPSA) is 9.23 Å². The Labute approximate surface area is 121 Å². The first kappa shape index (κ1) is 17.0. The largest absolute Gasteiger partial charge is 0.404 e. The van der Waals surface area contributed by atoms with Crippen molar-refractivity contribution in [2.45, 2.75) is 50.9 Å². The van der Waals surface area contributed by atoms with Gasteiger partial charge in [0.25, 0.3) is 5.92 Å².